The van der Waals surface area contributed by atoms with Gasteiger partial charge in [-0.1, -0.05) is 0 Å². The Labute approximate surface area is 210 Å². The van der Waals surface area contributed by atoms with E-state index in [1.54, 1.807) is 0 Å². The van der Waals surface area contributed by atoms with Crippen molar-refractivity contribution < 1.29 is 128 Å². The molecule has 0 unspecified atom stereocenters. The van der Waals surface area contributed by atoms with Gasteiger partial charge < -0.3 is 24.9 Å². The molecular weight excluding hydrogens is 372 g/mol. The molecule has 0 aromatic heterocycles. The molecule has 8 nitrogen and oxygen atoms in total. The molecule has 0 radical (unpaired) electrons. The van der Waals surface area contributed by atoms with Gasteiger partial charge in [-0.15, -0.1) is 12.4 Å². The van der Waals surface area contributed by atoms with Crippen molar-refractivity contribution in [3.8, 4) is 0 Å². The fraction of sp³-hybridized carbons (Fsp3) is 0. The van der Waals surface area contributed by atoms with E-state index in [1.165, 1.54) is 0 Å². The minimum Gasteiger partial charge on any atom is -1.00 e. The zero-order valence-corrected chi connectivity index (χ0v) is 17.9. The second-order valence-corrected chi connectivity index (χ2v) is 3.14. The molecule has 0 atom stereocenters. The van der Waals surface area contributed by atoms with Gasteiger partial charge in [0.25, 0.3) is 0 Å². The molecule has 0 rings (SSSR count). The first kappa shape index (κ1) is 49.9. The van der Waals surface area contributed by atoms with E-state index in [0.29, 0.717) is 0 Å². The van der Waals surface area contributed by atoms with Crippen LogP contribution in [0.4, 0.5) is 4.70 Å². The summed E-state index contributed by atoms with van der Waals surface area (Å²) in [4.78, 5) is 29.3. The van der Waals surface area contributed by atoms with Crippen LogP contribution in [-0.4, -0.2) is 101 Å². The van der Waals surface area contributed by atoms with Crippen molar-refractivity contribution in [2.24, 2.45) is 0 Å². The van der Waals surface area contributed by atoms with E-state index in [9.17, 15) is 0 Å². The van der Waals surface area contributed by atoms with Crippen LogP contribution in [0.15, 0.2) is 0 Å². The maximum atomic E-state index is 8.74. The number of halogens is 2. The van der Waals surface area contributed by atoms with Crippen LogP contribution in [0.5, 0.6) is 0 Å². The van der Waals surface area contributed by atoms with Crippen molar-refractivity contribution in [3.05, 3.63) is 0 Å². The van der Waals surface area contributed by atoms with Gasteiger partial charge in [-0.3, -0.25) is 13.8 Å². The molecule has 0 heterocycles. The van der Waals surface area contributed by atoms with E-state index < -0.39 is 19.4 Å². The van der Waals surface area contributed by atoms with Crippen molar-refractivity contribution in [2.45, 2.75) is 0 Å². The van der Waals surface area contributed by atoms with Crippen LogP contribution in [0.3, 0.4) is 0 Å². The maximum Gasteiger partial charge on any atom is 2.00 e. The van der Waals surface area contributed by atoms with Crippen LogP contribution in [0, 0.1) is 0 Å². The summed E-state index contributed by atoms with van der Waals surface area (Å²) in [5.74, 6) is 0. The SMILES string of the molecule is Cl.F.O=S(=O)(O)O.O[Si](O)(O)O.[AlH3].[Ca+2].[H-].[H-].[H-].[H-].[K+].[Na+]. The monoisotopic (exact) mass is 386 g/mol. The van der Waals surface area contributed by atoms with Crippen molar-refractivity contribution >= 4 is 87.0 Å². The van der Waals surface area contributed by atoms with Crippen LogP contribution >= 0.6 is 12.4 Å². The Bertz CT molecular complexity index is 189. The largest absolute Gasteiger partial charge is 2.00 e. The predicted octanol–water partition coefficient (Wildman–Crippen LogP) is -9.79. The van der Waals surface area contributed by atoms with Crippen molar-refractivity contribution in [1.82, 2.24) is 0 Å². The third-order valence-corrected chi connectivity index (χ3v) is 0. The first-order valence-electron chi connectivity index (χ1n) is 1.59. The molecule has 0 aromatic carbocycles. The van der Waals surface area contributed by atoms with Crippen LogP contribution < -0.4 is 80.9 Å². The summed E-state index contributed by atoms with van der Waals surface area (Å²) in [6, 6.07) is 0. The number of rotatable bonds is 0. The van der Waals surface area contributed by atoms with Crippen LogP contribution in [-0.2, 0) is 10.4 Å². The van der Waals surface area contributed by atoms with Gasteiger partial charge in [0, 0.05) is 0 Å². The standard InChI is InChI=1S/Al.Ca.ClH.FH.K.Na.H2O4S.H4O4Si.7H/c;;;;;;2*1-5(2,3)4;;;;;;;/h;;2*1H;;;(H2,1,2,3,4);1-4H;;;;;;;/q;+2;;;2*+1;;;;;;4*-1. The number of hydrogen-bond acceptors (Lipinski definition) is 6. The second kappa shape index (κ2) is 24.6. The third-order valence-electron chi connectivity index (χ3n) is 0. The average molecular weight is 387 g/mol. The Morgan fingerprint density at radius 3 is 1.00 bits per heavy atom. The molecule has 16 heavy (non-hydrogen) atoms. The molecular formula is H15AlCaClFKNaO8SSi. The second-order valence-electron chi connectivity index (χ2n) is 1.05. The molecule has 0 aliphatic rings. The zero-order valence-electron chi connectivity index (χ0n) is 11.9. The van der Waals surface area contributed by atoms with Gasteiger partial charge in [0.05, 0.1) is 0 Å². The van der Waals surface area contributed by atoms with E-state index in [0.717, 1.165) is 0 Å². The van der Waals surface area contributed by atoms with Crippen LogP contribution in [0.1, 0.15) is 5.71 Å². The minimum absolute atomic E-state index is 0. The molecule has 0 spiro atoms. The summed E-state index contributed by atoms with van der Waals surface area (Å²) in [5, 5.41) is 0. The Kier molecular flexibility index (Phi) is 76.6. The van der Waals surface area contributed by atoms with E-state index in [2.05, 4.69) is 0 Å². The molecule has 0 aliphatic heterocycles. The molecule has 0 fully saturated rings. The summed E-state index contributed by atoms with van der Waals surface area (Å²) in [6.45, 7) is 0. The molecule has 0 amide bonds. The summed E-state index contributed by atoms with van der Waals surface area (Å²) in [6.07, 6.45) is 0. The van der Waals surface area contributed by atoms with Gasteiger partial charge in [-0.25, -0.2) is 0 Å². The first-order valence-corrected chi connectivity index (χ1v) is 4.78. The average Bonchev–Trinajstić information content (AvgIpc) is 1.12. The smallest absolute Gasteiger partial charge is 1.00 e. The summed E-state index contributed by atoms with van der Waals surface area (Å²) in [5.41, 5.74) is 0. The molecule has 0 bridgehead atoms. The van der Waals surface area contributed by atoms with Gasteiger partial charge in [0.2, 0.25) is 0 Å². The molecule has 6 N–H and O–H groups in total. The van der Waals surface area contributed by atoms with E-state index in [4.69, 9.17) is 36.7 Å². The molecule has 0 aliphatic carbocycles. The van der Waals surface area contributed by atoms with Crippen LogP contribution in [0.2, 0.25) is 0 Å². The minimum atomic E-state index is -4.67. The van der Waals surface area contributed by atoms with Gasteiger partial charge >= 0.3 is 138 Å². The van der Waals surface area contributed by atoms with E-state index >= 15 is 0 Å². The van der Waals surface area contributed by atoms with Crippen molar-refractivity contribution in [1.29, 1.82) is 0 Å². The van der Waals surface area contributed by atoms with Crippen molar-refractivity contribution in [2.75, 3.05) is 0 Å². The molecule has 0 saturated carbocycles. The Balaban J connectivity index is -0.00000000427. The Morgan fingerprint density at radius 1 is 1.00 bits per heavy atom. The fourth-order valence-corrected chi connectivity index (χ4v) is 0. The maximum absolute atomic E-state index is 8.74. The molecule has 0 saturated heterocycles. The first-order chi connectivity index (χ1) is 4.00. The summed E-state index contributed by atoms with van der Waals surface area (Å²) in [7, 11) is -9.28. The topological polar surface area (TPSA) is 156 Å². The van der Waals surface area contributed by atoms with Crippen LogP contribution in [0.25, 0.3) is 0 Å². The quantitative estimate of drug-likeness (QED) is 0.177. The normalized spacial score (nSPS) is 7.38. The Hall–Kier alpha value is 4.58. The number of hydrogen-bond donors (Lipinski definition) is 6. The summed E-state index contributed by atoms with van der Waals surface area (Å²) >= 11 is 0. The molecule has 94 valence electrons. The summed E-state index contributed by atoms with van der Waals surface area (Å²) < 4.78 is 31.6. The van der Waals surface area contributed by atoms with E-state index in [1.807, 2.05) is 0 Å². The Morgan fingerprint density at radius 2 is 1.00 bits per heavy atom. The van der Waals surface area contributed by atoms with Crippen molar-refractivity contribution in [3.63, 3.8) is 0 Å². The van der Waals surface area contributed by atoms with Gasteiger partial charge in [0.1, 0.15) is 0 Å². The zero-order chi connectivity index (χ0) is 9.00. The van der Waals surface area contributed by atoms with E-state index in [-0.39, 0.29) is 159 Å². The third kappa shape index (κ3) is 274. The molecule has 16 heteroatoms. The van der Waals surface area contributed by atoms with Gasteiger partial charge in [0.15, 0.2) is 17.4 Å². The van der Waals surface area contributed by atoms with Gasteiger partial charge in [-0.05, 0) is 0 Å². The fourth-order valence-electron chi connectivity index (χ4n) is 0. The molecule has 0 aromatic rings. The predicted molar refractivity (Wildman–Crippen MR) is 58.7 cm³/mol. The van der Waals surface area contributed by atoms with Gasteiger partial charge in [-0.2, -0.15) is 8.42 Å².